The van der Waals surface area contributed by atoms with E-state index in [-0.39, 0.29) is 18.1 Å². The molecular weight excluding hydrogens is 114 g/mol. The summed E-state index contributed by atoms with van der Waals surface area (Å²) in [7, 11) is 1.87. The maximum atomic E-state index is 8.80. The molecule has 0 heterocycles. The fourth-order valence-electron chi connectivity index (χ4n) is 0.798. The number of hydrogen-bond donors (Lipinski definition) is 2. The average molecular weight is 131 g/mol. The minimum absolute atomic E-state index is 0.156. The van der Waals surface area contributed by atoms with Crippen LogP contribution in [0.3, 0.4) is 0 Å². The molecule has 1 atom stereocenters. The van der Waals surface area contributed by atoms with Gasteiger partial charge in [-0.25, -0.2) is 0 Å². The molecule has 2 N–H and O–H groups in total. The summed E-state index contributed by atoms with van der Waals surface area (Å²) in [5.74, 6) is 0. The molecule has 0 radical (unpaired) electrons. The Morgan fingerprint density at radius 3 is 1.89 bits per heavy atom. The molecule has 0 aliphatic rings. The minimum atomic E-state index is 0.156. The summed E-state index contributed by atoms with van der Waals surface area (Å²) in [6.45, 7) is 6.51. The van der Waals surface area contributed by atoms with Crippen molar-refractivity contribution in [2.45, 2.75) is 26.8 Å². The molecular formula is C7H17NO. The Kier molecular flexibility index (Phi) is 3.15. The first-order chi connectivity index (χ1) is 4.02. The Morgan fingerprint density at radius 2 is 1.89 bits per heavy atom. The molecule has 9 heavy (non-hydrogen) atoms. The van der Waals surface area contributed by atoms with E-state index in [1.807, 2.05) is 7.05 Å². The summed E-state index contributed by atoms with van der Waals surface area (Å²) >= 11 is 0. The number of aliphatic hydroxyl groups is 1. The molecule has 0 aromatic rings. The Labute approximate surface area is 57.3 Å². The number of nitrogens with one attached hydrogen (secondary N) is 1. The second kappa shape index (κ2) is 3.18. The van der Waals surface area contributed by atoms with Crippen LogP contribution in [0.25, 0.3) is 0 Å². The van der Waals surface area contributed by atoms with Crippen molar-refractivity contribution in [3.8, 4) is 0 Å². The molecule has 0 fully saturated rings. The standard InChI is InChI=1S/C7H17NO/c1-7(2,3)6(5-9)8-4/h6,8-9H,5H2,1-4H3/t6-/m0/s1. The van der Waals surface area contributed by atoms with Crippen LogP contribution in [0.4, 0.5) is 0 Å². The van der Waals surface area contributed by atoms with Gasteiger partial charge < -0.3 is 10.4 Å². The molecule has 0 unspecified atom stereocenters. The van der Waals surface area contributed by atoms with Gasteiger partial charge in [-0.3, -0.25) is 0 Å². The highest BCUT2D eigenvalue weighted by Gasteiger charge is 2.21. The van der Waals surface area contributed by atoms with E-state index in [9.17, 15) is 0 Å². The van der Waals surface area contributed by atoms with Crippen molar-refractivity contribution in [1.29, 1.82) is 0 Å². The third kappa shape index (κ3) is 2.82. The van der Waals surface area contributed by atoms with Gasteiger partial charge in [-0.15, -0.1) is 0 Å². The topological polar surface area (TPSA) is 32.3 Å². The van der Waals surface area contributed by atoms with Gasteiger partial charge in [0.1, 0.15) is 0 Å². The van der Waals surface area contributed by atoms with Crippen LogP contribution in [0.2, 0.25) is 0 Å². The van der Waals surface area contributed by atoms with Gasteiger partial charge in [0.2, 0.25) is 0 Å². The van der Waals surface area contributed by atoms with Crippen molar-refractivity contribution < 1.29 is 5.11 Å². The van der Waals surface area contributed by atoms with Crippen LogP contribution in [0.15, 0.2) is 0 Å². The molecule has 0 aliphatic carbocycles. The highest BCUT2D eigenvalue weighted by atomic mass is 16.3. The molecule has 0 amide bonds. The van der Waals surface area contributed by atoms with Crippen molar-refractivity contribution in [1.82, 2.24) is 5.32 Å². The fourth-order valence-corrected chi connectivity index (χ4v) is 0.798. The maximum Gasteiger partial charge on any atom is 0.0589 e. The molecule has 0 spiro atoms. The molecule has 0 rings (SSSR count). The summed E-state index contributed by atoms with van der Waals surface area (Å²) in [6, 6.07) is 0.206. The molecule has 0 aromatic carbocycles. The van der Waals surface area contributed by atoms with Gasteiger partial charge in [-0.2, -0.15) is 0 Å². The number of rotatable bonds is 2. The lowest BCUT2D eigenvalue weighted by molar-refractivity contribution is 0.166. The number of aliphatic hydroxyl groups excluding tert-OH is 1. The number of likely N-dealkylation sites (N-methyl/N-ethyl adjacent to an activating group) is 1. The van der Waals surface area contributed by atoms with Gasteiger partial charge in [0.15, 0.2) is 0 Å². The highest BCUT2D eigenvalue weighted by Crippen LogP contribution is 2.17. The van der Waals surface area contributed by atoms with E-state index in [0.717, 1.165) is 0 Å². The van der Waals surface area contributed by atoms with Crippen molar-refractivity contribution in [2.24, 2.45) is 5.41 Å². The van der Waals surface area contributed by atoms with Crippen molar-refractivity contribution in [3.63, 3.8) is 0 Å². The Morgan fingerprint density at radius 1 is 1.44 bits per heavy atom. The Hall–Kier alpha value is -0.0800. The van der Waals surface area contributed by atoms with Gasteiger partial charge in [0.05, 0.1) is 6.61 Å². The molecule has 0 aliphatic heterocycles. The summed E-state index contributed by atoms with van der Waals surface area (Å²) in [5, 5.41) is 11.8. The van der Waals surface area contributed by atoms with Crippen LogP contribution >= 0.6 is 0 Å². The molecule has 0 saturated heterocycles. The van der Waals surface area contributed by atoms with Gasteiger partial charge >= 0.3 is 0 Å². The lowest BCUT2D eigenvalue weighted by atomic mass is 9.87. The van der Waals surface area contributed by atoms with Crippen molar-refractivity contribution >= 4 is 0 Å². The Bertz CT molecular complexity index is 71.5. The third-order valence-electron chi connectivity index (χ3n) is 1.58. The van der Waals surface area contributed by atoms with E-state index in [4.69, 9.17) is 5.11 Å². The second-order valence-corrected chi connectivity index (χ2v) is 3.39. The van der Waals surface area contributed by atoms with Crippen LogP contribution in [-0.2, 0) is 0 Å². The molecule has 2 heteroatoms. The second-order valence-electron chi connectivity index (χ2n) is 3.39. The largest absolute Gasteiger partial charge is 0.395 e. The monoisotopic (exact) mass is 131 g/mol. The summed E-state index contributed by atoms with van der Waals surface area (Å²) < 4.78 is 0. The fraction of sp³-hybridized carbons (Fsp3) is 1.00. The zero-order valence-corrected chi connectivity index (χ0v) is 6.73. The quantitative estimate of drug-likeness (QED) is 0.575. The number of hydrogen-bond acceptors (Lipinski definition) is 2. The molecule has 2 nitrogen and oxygen atoms in total. The summed E-state index contributed by atoms with van der Waals surface area (Å²) in [6.07, 6.45) is 0. The third-order valence-corrected chi connectivity index (χ3v) is 1.58. The minimum Gasteiger partial charge on any atom is -0.395 e. The van der Waals surface area contributed by atoms with E-state index < -0.39 is 0 Å². The van der Waals surface area contributed by atoms with E-state index in [0.29, 0.717) is 0 Å². The lowest BCUT2D eigenvalue weighted by Crippen LogP contribution is -2.40. The van der Waals surface area contributed by atoms with Crippen LogP contribution in [-0.4, -0.2) is 24.8 Å². The van der Waals surface area contributed by atoms with E-state index in [1.165, 1.54) is 0 Å². The molecule has 56 valence electrons. The van der Waals surface area contributed by atoms with Crippen molar-refractivity contribution in [3.05, 3.63) is 0 Å². The highest BCUT2D eigenvalue weighted by molar-refractivity contribution is 4.77. The normalized spacial score (nSPS) is 15.7. The smallest absolute Gasteiger partial charge is 0.0589 e. The predicted molar refractivity (Wildman–Crippen MR) is 39.4 cm³/mol. The van der Waals surface area contributed by atoms with Gasteiger partial charge in [-0.05, 0) is 12.5 Å². The Balaban J connectivity index is 3.79. The SMILES string of the molecule is CN[C@@H](CO)C(C)(C)C. The zero-order valence-electron chi connectivity index (χ0n) is 6.73. The lowest BCUT2D eigenvalue weighted by Gasteiger charge is -2.28. The van der Waals surface area contributed by atoms with E-state index in [1.54, 1.807) is 0 Å². The van der Waals surface area contributed by atoms with Gasteiger partial charge in [0, 0.05) is 6.04 Å². The van der Waals surface area contributed by atoms with Gasteiger partial charge in [0.25, 0.3) is 0 Å². The maximum absolute atomic E-state index is 8.80. The van der Waals surface area contributed by atoms with Crippen molar-refractivity contribution in [2.75, 3.05) is 13.7 Å². The van der Waals surface area contributed by atoms with Crippen LogP contribution in [0.5, 0.6) is 0 Å². The molecule has 0 aromatic heterocycles. The first-order valence-corrected chi connectivity index (χ1v) is 3.30. The molecule has 0 saturated carbocycles. The predicted octanol–water partition coefficient (Wildman–Crippen LogP) is 0.613. The van der Waals surface area contributed by atoms with Crippen LogP contribution < -0.4 is 5.32 Å². The first-order valence-electron chi connectivity index (χ1n) is 3.30. The van der Waals surface area contributed by atoms with E-state index >= 15 is 0 Å². The first kappa shape index (κ1) is 8.92. The zero-order chi connectivity index (χ0) is 7.49. The van der Waals surface area contributed by atoms with Crippen LogP contribution in [0.1, 0.15) is 20.8 Å². The van der Waals surface area contributed by atoms with Gasteiger partial charge in [-0.1, -0.05) is 20.8 Å². The molecule has 0 bridgehead atoms. The summed E-state index contributed by atoms with van der Waals surface area (Å²) in [4.78, 5) is 0. The van der Waals surface area contributed by atoms with E-state index in [2.05, 4.69) is 26.1 Å². The van der Waals surface area contributed by atoms with Crippen LogP contribution in [0, 0.1) is 5.41 Å². The average Bonchev–Trinajstić information content (AvgIpc) is 1.65. The summed E-state index contributed by atoms with van der Waals surface area (Å²) in [5.41, 5.74) is 0.156.